The molecular weight excluding hydrogens is 568 g/mol. The van der Waals surface area contributed by atoms with Crippen LogP contribution < -0.4 is 14.8 Å². The van der Waals surface area contributed by atoms with Gasteiger partial charge in [-0.05, 0) is 78.8 Å². The molecule has 10 heteroatoms. The molecular formula is C30H35ClN2O5S2. The SMILES string of the molecule is COc1ccc(CCNC(=O)c2cc(S(=O)(=O)N3C[C@H](C)C[C@H](C)C3)ccc2Sc2cccc(Cl)c2)cc1OC. The predicted molar refractivity (Wildman–Crippen MR) is 159 cm³/mol. The van der Waals surface area contributed by atoms with E-state index in [2.05, 4.69) is 19.2 Å². The van der Waals surface area contributed by atoms with Gasteiger partial charge in [0, 0.05) is 34.4 Å². The number of nitrogens with zero attached hydrogens (tertiary/aromatic N) is 1. The number of rotatable bonds is 10. The van der Waals surface area contributed by atoms with E-state index in [-0.39, 0.29) is 22.6 Å². The van der Waals surface area contributed by atoms with Crippen molar-refractivity contribution in [2.75, 3.05) is 33.9 Å². The number of halogens is 1. The minimum Gasteiger partial charge on any atom is -0.493 e. The minimum atomic E-state index is -3.76. The van der Waals surface area contributed by atoms with Gasteiger partial charge in [0.1, 0.15) is 0 Å². The third-order valence-electron chi connectivity index (χ3n) is 6.84. The normalized spacial score (nSPS) is 17.8. The monoisotopic (exact) mass is 602 g/mol. The first-order valence-electron chi connectivity index (χ1n) is 13.2. The molecule has 0 unspecified atom stereocenters. The Morgan fingerprint density at radius 1 is 1.00 bits per heavy atom. The molecule has 0 spiro atoms. The van der Waals surface area contributed by atoms with Gasteiger partial charge in [0.05, 0.1) is 24.7 Å². The van der Waals surface area contributed by atoms with Crippen LogP contribution in [0.2, 0.25) is 5.02 Å². The standard InChI is InChI=1S/C30H35ClN2O5S2/c1-20-14-21(2)19-33(18-20)40(35,36)25-9-11-29(39-24-7-5-6-23(31)16-24)26(17-25)30(34)32-13-12-22-8-10-27(37-3)28(15-22)38-4/h5-11,15-17,20-21H,12-14,18-19H2,1-4H3,(H,32,34)/t20-,21+. The topological polar surface area (TPSA) is 84.9 Å². The van der Waals surface area contributed by atoms with Gasteiger partial charge in [-0.15, -0.1) is 0 Å². The quantitative estimate of drug-likeness (QED) is 0.300. The molecule has 2 atom stereocenters. The molecule has 7 nitrogen and oxygen atoms in total. The van der Waals surface area contributed by atoms with Gasteiger partial charge in [-0.2, -0.15) is 4.31 Å². The van der Waals surface area contributed by atoms with E-state index < -0.39 is 10.0 Å². The van der Waals surface area contributed by atoms with Crippen LogP contribution in [0.5, 0.6) is 11.5 Å². The van der Waals surface area contributed by atoms with Crippen LogP contribution in [-0.4, -0.2) is 52.5 Å². The van der Waals surface area contributed by atoms with Crippen molar-refractivity contribution in [3.05, 3.63) is 76.8 Å². The number of sulfonamides is 1. The van der Waals surface area contributed by atoms with Gasteiger partial charge < -0.3 is 14.8 Å². The highest BCUT2D eigenvalue weighted by atomic mass is 35.5. The van der Waals surface area contributed by atoms with Crippen LogP contribution in [0, 0.1) is 11.8 Å². The summed E-state index contributed by atoms with van der Waals surface area (Å²) >= 11 is 7.55. The summed E-state index contributed by atoms with van der Waals surface area (Å²) < 4.78 is 39.5. The predicted octanol–water partition coefficient (Wildman–Crippen LogP) is 6.15. The molecule has 0 bridgehead atoms. The number of amides is 1. The van der Waals surface area contributed by atoms with E-state index in [4.69, 9.17) is 21.1 Å². The molecule has 40 heavy (non-hydrogen) atoms. The number of methoxy groups -OCH3 is 2. The summed E-state index contributed by atoms with van der Waals surface area (Å²) in [5.41, 5.74) is 1.27. The van der Waals surface area contributed by atoms with Crippen LogP contribution in [0.4, 0.5) is 0 Å². The van der Waals surface area contributed by atoms with Crippen molar-refractivity contribution < 1.29 is 22.7 Å². The van der Waals surface area contributed by atoms with Gasteiger partial charge >= 0.3 is 0 Å². The zero-order chi connectivity index (χ0) is 28.9. The van der Waals surface area contributed by atoms with E-state index in [1.54, 1.807) is 36.7 Å². The third-order valence-corrected chi connectivity index (χ3v) is 9.97. The summed E-state index contributed by atoms with van der Waals surface area (Å²) in [6, 6.07) is 17.7. The second-order valence-electron chi connectivity index (χ2n) is 10.2. The average Bonchev–Trinajstić information content (AvgIpc) is 2.92. The molecule has 1 saturated heterocycles. The number of carbonyl (C=O) groups is 1. The lowest BCUT2D eigenvalue weighted by molar-refractivity contribution is 0.0951. The first-order chi connectivity index (χ1) is 19.1. The van der Waals surface area contributed by atoms with Crippen molar-refractivity contribution in [3.8, 4) is 11.5 Å². The Morgan fingerprint density at radius 2 is 1.73 bits per heavy atom. The molecule has 0 aromatic heterocycles. The fraction of sp³-hybridized carbons (Fsp3) is 0.367. The summed E-state index contributed by atoms with van der Waals surface area (Å²) in [6.07, 6.45) is 1.55. The van der Waals surface area contributed by atoms with Gasteiger partial charge in [-0.3, -0.25) is 4.79 Å². The second-order valence-corrected chi connectivity index (χ2v) is 13.7. The lowest BCUT2D eigenvalue weighted by Crippen LogP contribution is -2.42. The van der Waals surface area contributed by atoms with Crippen LogP contribution in [0.15, 0.2) is 75.4 Å². The van der Waals surface area contributed by atoms with Gasteiger partial charge in [0.2, 0.25) is 10.0 Å². The first-order valence-corrected chi connectivity index (χ1v) is 15.8. The molecule has 1 fully saturated rings. The fourth-order valence-electron chi connectivity index (χ4n) is 5.00. The number of hydrogen-bond donors (Lipinski definition) is 1. The van der Waals surface area contributed by atoms with E-state index in [9.17, 15) is 13.2 Å². The lowest BCUT2D eigenvalue weighted by atomic mass is 9.94. The highest BCUT2D eigenvalue weighted by Gasteiger charge is 2.32. The van der Waals surface area contributed by atoms with Crippen molar-refractivity contribution in [2.45, 2.75) is 41.4 Å². The number of hydrogen-bond acceptors (Lipinski definition) is 6. The van der Waals surface area contributed by atoms with E-state index in [0.717, 1.165) is 16.9 Å². The lowest BCUT2D eigenvalue weighted by Gasteiger charge is -2.34. The number of benzene rings is 3. The van der Waals surface area contributed by atoms with Crippen LogP contribution in [0.1, 0.15) is 36.2 Å². The van der Waals surface area contributed by atoms with Gasteiger partial charge in [0.15, 0.2) is 11.5 Å². The van der Waals surface area contributed by atoms with Crippen LogP contribution >= 0.6 is 23.4 Å². The van der Waals surface area contributed by atoms with Crippen LogP contribution in [-0.2, 0) is 16.4 Å². The van der Waals surface area contributed by atoms with E-state index in [0.29, 0.717) is 53.0 Å². The molecule has 1 N–H and O–H groups in total. The Bertz CT molecular complexity index is 1450. The van der Waals surface area contributed by atoms with Crippen LogP contribution in [0.3, 0.4) is 0 Å². The average molecular weight is 603 g/mol. The molecule has 0 radical (unpaired) electrons. The second kappa shape index (κ2) is 13.3. The first kappa shape index (κ1) is 30.2. The van der Waals surface area contributed by atoms with Crippen LogP contribution in [0.25, 0.3) is 0 Å². The highest BCUT2D eigenvalue weighted by molar-refractivity contribution is 7.99. The van der Waals surface area contributed by atoms with Gasteiger partial charge in [-0.25, -0.2) is 8.42 Å². The molecule has 3 aromatic rings. The maximum atomic E-state index is 13.6. The fourth-order valence-corrected chi connectivity index (χ4v) is 7.94. The van der Waals surface area contributed by atoms with E-state index in [1.807, 2.05) is 36.4 Å². The van der Waals surface area contributed by atoms with Crippen molar-refractivity contribution in [1.82, 2.24) is 9.62 Å². The van der Waals surface area contributed by atoms with Gasteiger partial charge in [0.25, 0.3) is 5.91 Å². The molecule has 1 amide bonds. The summed E-state index contributed by atoms with van der Waals surface area (Å²) in [6.45, 7) is 5.44. The maximum Gasteiger partial charge on any atom is 0.252 e. The summed E-state index contributed by atoms with van der Waals surface area (Å²) in [7, 11) is -0.602. The summed E-state index contributed by atoms with van der Waals surface area (Å²) in [5, 5.41) is 3.55. The summed E-state index contributed by atoms with van der Waals surface area (Å²) in [5.74, 6) is 1.45. The highest BCUT2D eigenvalue weighted by Crippen LogP contribution is 2.35. The van der Waals surface area contributed by atoms with Crippen molar-refractivity contribution >= 4 is 39.3 Å². The summed E-state index contributed by atoms with van der Waals surface area (Å²) in [4.78, 5) is 15.1. The maximum absolute atomic E-state index is 13.6. The molecule has 1 aliphatic heterocycles. The molecule has 3 aromatic carbocycles. The zero-order valence-electron chi connectivity index (χ0n) is 23.1. The van der Waals surface area contributed by atoms with E-state index >= 15 is 0 Å². The largest absolute Gasteiger partial charge is 0.493 e. The van der Waals surface area contributed by atoms with E-state index in [1.165, 1.54) is 17.8 Å². The molecule has 4 rings (SSSR count). The Hall–Kier alpha value is -2.72. The molecule has 1 aliphatic rings. The number of nitrogens with one attached hydrogen (secondary N) is 1. The minimum absolute atomic E-state index is 0.120. The molecule has 0 aliphatic carbocycles. The number of carbonyl (C=O) groups excluding carboxylic acids is 1. The Morgan fingerprint density at radius 3 is 2.40 bits per heavy atom. The Kier molecular flexibility index (Phi) is 10.1. The van der Waals surface area contributed by atoms with Crippen molar-refractivity contribution in [3.63, 3.8) is 0 Å². The number of piperidine rings is 1. The Labute approximate surface area is 246 Å². The smallest absolute Gasteiger partial charge is 0.252 e. The molecule has 214 valence electrons. The van der Waals surface area contributed by atoms with Crippen molar-refractivity contribution in [2.24, 2.45) is 11.8 Å². The third kappa shape index (κ3) is 7.32. The van der Waals surface area contributed by atoms with Crippen molar-refractivity contribution in [1.29, 1.82) is 0 Å². The molecule has 0 saturated carbocycles. The van der Waals surface area contributed by atoms with Gasteiger partial charge in [-0.1, -0.05) is 49.3 Å². The zero-order valence-corrected chi connectivity index (χ0v) is 25.5. The molecule has 1 heterocycles. The number of ether oxygens (including phenoxy) is 2. The Balaban J connectivity index is 1.59.